The molecule has 1 amide bonds. The van der Waals surface area contributed by atoms with Gasteiger partial charge in [-0.15, -0.1) is 0 Å². The van der Waals surface area contributed by atoms with E-state index in [1.807, 2.05) is 13.8 Å². The molecule has 0 saturated heterocycles. The maximum absolute atomic E-state index is 11.2. The first-order valence-corrected chi connectivity index (χ1v) is 4.01. The van der Waals surface area contributed by atoms with E-state index in [9.17, 15) is 4.79 Å². The van der Waals surface area contributed by atoms with Crippen molar-refractivity contribution in [1.82, 2.24) is 5.32 Å². The summed E-state index contributed by atoms with van der Waals surface area (Å²) in [4.78, 5) is 15.5. The Balaban J connectivity index is 2.20. The summed E-state index contributed by atoms with van der Waals surface area (Å²) >= 11 is 0. The van der Waals surface area contributed by atoms with Gasteiger partial charge in [0.2, 0.25) is 0 Å². The van der Waals surface area contributed by atoms with Crippen molar-refractivity contribution < 1.29 is 4.79 Å². The molecule has 0 atom stereocenters. The fourth-order valence-electron chi connectivity index (χ4n) is 1.20. The number of nitrogens with zero attached hydrogens (tertiary/aromatic N) is 1. The zero-order valence-electron chi connectivity index (χ0n) is 6.85. The number of amidine groups is 1. The molecule has 0 unspecified atom stereocenters. The van der Waals surface area contributed by atoms with Crippen LogP contribution in [0.3, 0.4) is 0 Å². The third-order valence-electron chi connectivity index (χ3n) is 2.16. The average molecular weight is 152 g/mol. The number of carbonyl (C=O) groups is 1. The first-order chi connectivity index (χ1) is 5.09. The number of rotatable bonds is 1. The van der Waals surface area contributed by atoms with Gasteiger partial charge in [0.15, 0.2) is 0 Å². The fraction of sp³-hybridized carbons (Fsp3) is 0.750. The van der Waals surface area contributed by atoms with Crippen LogP contribution in [0, 0.1) is 5.92 Å². The summed E-state index contributed by atoms with van der Waals surface area (Å²) in [5.41, 5.74) is -0.516. The van der Waals surface area contributed by atoms with E-state index < -0.39 is 5.54 Å². The molecule has 3 heteroatoms. The molecular formula is C8H12N2O. The summed E-state index contributed by atoms with van der Waals surface area (Å²) in [7, 11) is 0. The minimum absolute atomic E-state index is 0.0411. The zero-order chi connectivity index (χ0) is 8.06. The van der Waals surface area contributed by atoms with Crippen molar-refractivity contribution in [1.29, 1.82) is 0 Å². The summed E-state index contributed by atoms with van der Waals surface area (Å²) in [6.07, 6.45) is 2.38. The molecule has 1 fully saturated rings. The molecule has 1 aliphatic heterocycles. The van der Waals surface area contributed by atoms with Gasteiger partial charge in [-0.25, -0.2) is 0 Å². The Kier molecular flexibility index (Phi) is 1.14. The SMILES string of the molecule is CC1(C)N=C(C2CC2)NC1=O. The van der Waals surface area contributed by atoms with Gasteiger partial charge in [0, 0.05) is 5.92 Å². The lowest BCUT2D eigenvalue weighted by Gasteiger charge is -2.07. The van der Waals surface area contributed by atoms with Crippen LogP contribution in [0.4, 0.5) is 0 Å². The van der Waals surface area contributed by atoms with Crippen LogP contribution in [-0.4, -0.2) is 17.3 Å². The molecule has 2 aliphatic rings. The quantitative estimate of drug-likeness (QED) is 0.590. The predicted molar refractivity (Wildman–Crippen MR) is 42.4 cm³/mol. The lowest BCUT2D eigenvalue weighted by atomic mass is 10.1. The molecule has 1 N–H and O–H groups in total. The Hall–Kier alpha value is -0.860. The monoisotopic (exact) mass is 152 g/mol. The van der Waals surface area contributed by atoms with E-state index in [1.165, 1.54) is 12.8 Å². The molecule has 0 bridgehead atoms. The first kappa shape index (κ1) is 6.83. The molecule has 1 heterocycles. The van der Waals surface area contributed by atoms with Gasteiger partial charge in [0.05, 0.1) is 0 Å². The summed E-state index contributed by atoms with van der Waals surface area (Å²) in [6.45, 7) is 3.69. The van der Waals surface area contributed by atoms with E-state index >= 15 is 0 Å². The third-order valence-corrected chi connectivity index (χ3v) is 2.16. The van der Waals surface area contributed by atoms with Crippen LogP contribution in [0.2, 0.25) is 0 Å². The van der Waals surface area contributed by atoms with Gasteiger partial charge in [0.1, 0.15) is 11.4 Å². The van der Waals surface area contributed by atoms with Gasteiger partial charge in [-0.1, -0.05) is 0 Å². The molecule has 60 valence electrons. The number of amides is 1. The van der Waals surface area contributed by atoms with Crippen molar-refractivity contribution in [2.24, 2.45) is 10.9 Å². The highest BCUT2D eigenvalue weighted by molar-refractivity contribution is 6.09. The van der Waals surface area contributed by atoms with Crippen molar-refractivity contribution >= 4 is 11.7 Å². The minimum Gasteiger partial charge on any atom is -0.312 e. The standard InChI is InChI=1S/C8H12N2O/c1-8(2)7(11)9-6(10-8)5-3-4-5/h5H,3-4H2,1-2H3,(H,9,10,11). The Morgan fingerprint density at radius 3 is 2.55 bits per heavy atom. The number of hydrogen-bond acceptors (Lipinski definition) is 2. The summed E-state index contributed by atoms with van der Waals surface area (Å²) in [5, 5.41) is 2.82. The lowest BCUT2D eigenvalue weighted by Crippen LogP contribution is -2.34. The van der Waals surface area contributed by atoms with Crippen LogP contribution in [0.25, 0.3) is 0 Å². The largest absolute Gasteiger partial charge is 0.312 e. The Bertz CT molecular complexity index is 238. The van der Waals surface area contributed by atoms with Crippen molar-refractivity contribution in [3.05, 3.63) is 0 Å². The number of nitrogens with one attached hydrogen (secondary N) is 1. The Morgan fingerprint density at radius 2 is 2.18 bits per heavy atom. The second-order valence-electron chi connectivity index (χ2n) is 3.78. The third kappa shape index (κ3) is 1.04. The number of aliphatic imine (C=N–C) groups is 1. The van der Waals surface area contributed by atoms with Gasteiger partial charge in [-0.3, -0.25) is 9.79 Å². The molecule has 1 aliphatic carbocycles. The highest BCUT2D eigenvalue weighted by Gasteiger charge is 2.39. The Labute approximate surface area is 65.9 Å². The van der Waals surface area contributed by atoms with E-state index in [2.05, 4.69) is 10.3 Å². The van der Waals surface area contributed by atoms with Crippen molar-refractivity contribution in [3.8, 4) is 0 Å². The highest BCUT2D eigenvalue weighted by Crippen LogP contribution is 2.33. The van der Waals surface area contributed by atoms with Crippen molar-refractivity contribution in [2.75, 3.05) is 0 Å². The molecule has 0 radical (unpaired) electrons. The van der Waals surface area contributed by atoms with Gasteiger partial charge in [-0.05, 0) is 26.7 Å². The van der Waals surface area contributed by atoms with Crippen molar-refractivity contribution in [2.45, 2.75) is 32.2 Å². The smallest absolute Gasteiger partial charge is 0.252 e. The van der Waals surface area contributed by atoms with E-state index in [-0.39, 0.29) is 5.91 Å². The maximum Gasteiger partial charge on any atom is 0.252 e. The molecule has 0 aromatic rings. The van der Waals surface area contributed by atoms with Crippen LogP contribution in [0.15, 0.2) is 4.99 Å². The molecule has 2 rings (SSSR count). The second-order valence-corrected chi connectivity index (χ2v) is 3.78. The highest BCUT2D eigenvalue weighted by atomic mass is 16.2. The summed E-state index contributed by atoms with van der Waals surface area (Å²) in [6, 6.07) is 0. The van der Waals surface area contributed by atoms with Crippen LogP contribution in [-0.2, 0) is 4.79 Å². The molecule has 1 saturated carbocycles. The molecular weight excluding hydrogens is 140 g/mol. The molecule has 3 nitrogen and oxygen atoms in total. The predicted octanol–water partition coefficient (Wildman–Crippen LogP) is 0.703. The molecule has 0 aromatic carbocycles. The van der Waals surface area contributed by atoms with Crippen LogP contribution < -0.4 is 5.32 Å². The van der Waals surface area contributed by atoms with Crippen LogP contribution >= 0.6 is 0 Å². The summed E-state index contributed by atoms with van der Waals surface area (Å²) in [5.74, 6) is 1.51. The maximum atomic E-state index is 11.2. The van der Waals surface area contributed by atoms with E-state index in [4.69, 9.17) is 0 Å². The van der Waals surface area contributed by atoms with Gasteiger partial charge in [-0.2, -0.15) is 0 Å². The number of carbonyl (C=O) groups excluding carboxylic acids is 1. The van der Waals surface area contributed by atoms with Crippen LogP contribution in [0.1, 0.15) is 26.7 Å². The number of hydrogen-bond donors (Lipinski definition) is 1. The average Bonchev–Trinajstić information content (AvgIpc) is 2.63. The summed E-state index contributed by atoms with van der Waals surface area (Å²) < 4.78 is 0. The van der Waals surface area contributed by atoms with Crippen LogP contribution in [0.5, 0.6) is 0 Å². The molecule has 0 spiro atoms. The topological polar surface area (TPSA) is 41.5 Å². The fourth-order valence-corrected chi connectivity index (χ4v) is 1.20. The zero-order valence-corrected chi connectivity index (χ0v) is 6.85. The minimum atomic E-state index is -0.516. The van der Waals surface area contributed by atoms with Gasteiger partial charge < -0.3 is 5.32 Å². The Morgan fingerprint density at radius 1 is 1.55 bits per heavy atom. The first-order valence-electron chi connectivity index (χ1n) is 4.01. The van der Waals surface area contributed by atoms with Crippen molar-refractivity contribution in [3.63, 3.8) is 0 Å². The van der Waals surface area contributed by atoms with Gasteiger partial charge in [0.25, 0.3) is 5.91 Å². The van der Waals surface area contributed by atoms with E-state index in [1.54, 1.807) is 0 Å². The normalized spacial score (nSPS) is 28.2. The lowest BCUT2D eigenvalue weighted by molar-refractivity contribution is -0.122. The molecule has 11 heavy (non-hydrogen) atoms. The molecule has 0 aromatic heterocycles. The van der Waals surface area contributed by atoms with Gasteiger partial charge >= 0.3 is 0 Å². The van der Waals surface area contributed by atoms with E-state index in [0.29, 0.717) is 5.92 Å². The van der Waals surface area contributed by atoms with E-state index in [0.717, 1.165) is 5.84 Å². The second kappa shape index (κ2) is 1.84.